The molecule has 0 saturated carbocycles. The van der Waals surface area contributed by atoms with Crippen LogP contribution in [0.3, 0.4) is 0 Å². The van der Waals surface area contributed by atoms with Crippen molar-refractivity contribution in [1.29, 1.82) is 0 Å². The molecule has 3 aromatic carbocycles. The quantitative estimate of drug-likeness (QED) is 0.496. The maximum absolute atomic E-state index is 12.9. The standard InChI is InChI=1S/C27H30N2O4/c1-19(22-13-8-14-23(18-22)28-27(31)21-10-6-5-7-11-21)29(2)25(30)17-16-20-12-9-15-24(32-3)26(20)33-4/h5-15,18-19H,16-17H2,1-4H3,(H,28,31). The Morgan fingerprint density at radius 3 is 2.36 bits per heavy atom. The lowest BCUT2D eigenvalue weighted by molar-refractivity contribution is -0.131. The molecule has 0 heterocycles. The van der Waals surface area contributed by atoms with Gasteiger partial charge in [-0.2, -0.15) is 0 Å². The highest BCUT2D eigenvalue weighted by Gasteiger charge is 2.19. The summed E-state index contributed by atoms with van der Waals surface area (Å²) in [5.74, 6) is 1.16. The number of carbonyl (C=O) groups excluding carboxylic acids is 2. The largest absolute Gasteiger partial charge is 0.493 e. The number of hydrogen-bond donors (Lipinski definition) is 1. The molecule has 1 N–H and O–H groups in total. The second-order valence-electron chi connectivity index (χ2n) is 7.78. The van der Waals surface area contributed by atoms with Gasteiger partial charge in [0.2, 0.25) is 5.91 Å². The molecule has 6 heteroatoms. The summed E-state index contributed by atoms with van der Waals surface area (Å²) >= 11 is 0. The fraction of sp³-hybridized carbons (Fsp3) is 0.259. The second kappa shape index (κ2) is 11.2. The third-order valence-electron chi connectivity index (χ3n) is 5.73. The number of hydrogen-bond acceptors (Lipinski definition) is 4. The van der Waals surface area contributed by atoms with Crippen LogP contribution >= 0.6 is 0 Å². The van der Waals surface area contributed by atoms with E-state index in [1.807, 2.05) is 67.6 Å². The second-order valence-corrected chi connectivity index (χ2v) is 7.78. The van der Waals surface area contributed by atoms with Gasteiger partial charge in [-0.1, -0.05) is 42.5 Å². The minimum atomic E-state index is -0.169. The van der Waals surface area contributed by atoms with E-state index in [0.29, 0.717) is 35.6 Å². The molecule has 0 bridgehead atoms. The van der Waals surface area contributed by atoms with Gasteiger partial charge in [0.05, 0.1) is 20.3 Å². The van der Waals surface area contributed by atoms with Gasteiger partial charge in [-0.3, -0.25) is 9.59 Å². The highest BCUT2D eigenvalue weighted by molar-refractivity contribution is 6.04. The third kappa shape index (κ3) is 5.92. The maximum atomic E-state index is 12.9. The number of nitrogens with zero attached hydrogens (tertiary/aromatic N) is 1. The number of carbonyl (C=O) groups is 2. The first-order chi connectivity index (χ1) is 15.9. The molecule has 0 aliphatic carbocycles. The molecule has 0 radical (unpaired) electrons. The van der Waals surface area contributed by atoms with Gasteiger partial charge in [0, 0.05) is 24.7 Å². The first-order valence-electron chi connectivity index (χ1n) is 10.9. The van der Waals surface area contributed by atoms with Gasteiger partial charge in [-0.05, 0) is 54.8 Å². The molecule has 0 spiro atoms. The molecule has 0 aliphatic heterocycles. The molecular weight excluding hydrogens is 416 g/mol. The minimum absolute atomic E-state index is 0.0195. The Morgan fingerprint density at radius 2 is 1.67 bits per heavy atom. The van der Waals surface area contributed by atoms with E-state index >= 15 is 0 Å². The lowest BCUT2D eigenvalue weighted by Gasteiger charge is -2.26. The number of anilines is 1. The van der Waals surface area contributed by atoms with Crippen molar-refractivity contribution in [1.82, 2.24) is 4.90 Å². The van der Waals surface area contributed by atoms with Gasteiger partial charge in [-0.25, -0.2) is 0 Å². The molecular formula is C27H30N2O4. The van der Waals surface area contributed by atoms with Gasteiger partial charge in [0.25, 0.3) is 5.91 Å². The Bertz CT molecular complexity index is 1100. The zero-order valence-electron chi connectivity index (χ0n) is 19.5. The van der Waals surface area contributed by atoms with Gasteiger partial charge < -0.3 is 19.7 Å². The van der Waals surface area contributed by atoms with Crippen LogP contribution in [0.15, 0.2) is 72.8 Å². The topological polar surface area (TPSA) is 67.9 Å². The summed E-state index contributed by atoms with van der Waals surface area (Å²) < 4.78 is 10.8. The summed E-state index contributed by atoms with van der Waals surface area (Å²) in [6, 6.07) is 22.2. The fourth-order valence-corrected chi connectivity index (χ4v) is 3.68. The van der Waals surface area contributed by atoms with Crippen LogP contribution < -0.4 is 14.8 Å². The van der Waals surface area contributed by atoms with E-state index in [1.165, 1.54) is 0 Å². The molecule has 1 atom stereocenters. The van der Waals surface area contributed by atoms with Gasteiger partial charge in [-0.15, -0.1) is 0 Å². The smallest absolute Gasteiger partial charge is 0.255 e. The van der Waals surface area contributed by atoms with Crippen molar-refractivity contribution < 1.29 is 19.1 Å². The molecule has 1 unspecified atom stereocenters. The van der Waals surface area contributed by atoms with Crippen LogP contribution in [0.25, 0.3) is 0 Å². The lowest BCUT2D eigenvalue weighted by Crippen LogP contribution is -2.30. The number of benzene rings is 3. The first kappa shape index (κ1) is 23.9. The molecule has 0 fully saturated rings. The maximum Gasteiger partial charge on any atom is 0.255 e. The number of ether oxygens (including phenoxy) is 2. The number of methoxy groups -OCH3 is 2. The highest BCUT2D eigenvalue weighted by atomic mass is 16.5. The van der Waals surface area contributed by atoms with Crippen molar-refractivity contribution in [2.75, 3.05) is 26.6 Å². The van der Waals surface area contributed by atoms with Crippen LogP contribution in [-0.2, 0) is 11.2 Å². The highest BCUT2D eigenvalue weighted by Crippen LogP contribution is 2.32. The van der Waals surface area contributed by atoms with Gasteiger partial charge >= 0.3 is 0 Å². The van der Waals surface area contributed by atoms with E-state index in [-0.39, 0.29) is 17.9 Å². The molecule has 172 valence electrons. The average molecular weight is 447 g/mol. The normalized spacial score (nSPS) is 11.4. The van der Waals surface area contributed by atoms with E-state index in [1.54, 1.807) is 38.3 Å². The van der Waals surface area contributed by atoms with Crippen molar-refractivity contribution in [3.63, 3.8) is 0 Å². The predicted molar refractivity (Wildman–Crippen MR) is 130 cm³/mol. The SMILES string of the molecule is COc1cccc(CCC(=O)N(C)C(C)c2cccc(NC(=O)c3ccccc3)c2)c1OC. The van der Waals surface area contributed by atoms with Crippen LogP contribution in [0.2, 0.25) is 0 Å². The first-order valence-corrected chi connectivity index (χ1v) is 10.9. The van der Waals surface area contributed by atoms with Crippen molar-refractivity contribution in [2.45, 2.75) is 25.8 Å². The van der Waals surface area contributed by atoms with Crippen LogP contribution in [0, 0.1) is 0 Å². The predicted octanol–water partition coefficient (Wildman–Crippen LogP) is 5.11. The van der Waals surface area contributed by atoms with Crippen LogP contribution in [-0.4, -0.2) is 38.0 Å². The molecule has 6 nitrogen and oxygen atoms in total. The summed E-state index contributed by atoms with van der Waals surface area (Å²) in [7, 11) is 4.99. The summed E-state index contributed by atoms with van der Waals surface area (Å²) in [6.07, 6.45) is 0.887. The molecule has 2 amide bonds. The number of rotatable bonds is 9. The third-order valence-corrected chi connectivity index (χ3v) is 5.73. The Labute approximate surface area is 195 Å². The van der Waals surface area contributed by atoms with Gasteiger partial charge in [0.1, 0.15) is 0 Å². The summed E-state index contributed by atoms with van der Waals surface area (Å²) in [4.78, 5) is 27.1. The van der Waals surface area contributed by atoms with Crippen LogP contribution in [0.1, 0.15) is 40.9 Å². The molecule has 33 heavy (non-hydrogen) atoms. The molecule has 3 aromatic rings. The minimum Gasteiger partial charge on any atom is -0.493 e. The zero-order valence-corrected chi connectivity index (χ0v) is 19.5. The number of aryl methyl sites for hydroxylation is 1. The van der Waals surface area contributed by atoms with E-state index in [2.05, 4.69) is 5.32 Å². The van der Waals surface area contributed by atoms with E-state index < -0.39 is 0 Å². The molecule has 0 aliphatic rings. The van der Waals surface area contributed by atoms with Gasteiger partial charge in [0.15, 0.2) is 11.5 Å². The Hall–Kier alpha value is -3.80. The molecule has 0 saturated heterocycles. The Morgan fingerprint density at radius 1 is 0.939 bits per heavy atom. The van der Waals surface area contributed by atoms with Crippen LogP contribution in [0.4, 0.5) is 5.69 Å². The van der Waals surface area contributed by atoms with E-state index in [9.17, 15) is 9.59 Å². The van der Waals surface area contributed by atoms with Crippen molar-refractivity contribution >= 4 is 17.5 Å². The van der Waals surface area contributed by atoms with Crippen LogP contribution in [0.5, 0.6) is 11.5 Å². The number of nitrogens with one attached hydrogen (secondary N) is 1. The summed E-state index contributed by atoms with van der Waals surface area (Å²) in [5.41, 5.74) is 3.15. The summed E-state index contributed by atoms with van der Waals surface area (Å²) in [5, 5.41) is 2.92. The Balaban J connectivity index is 1.65. The van der Waals surface area contributed by atoms with Crippen molar-refractivity contribution in [3.8, 4) is 11.5 Å². The number of para-hydroxylation sites is 1. The molecule has 0 aromatic heterocycles. The zero-order chi connectivity index (χ0) is 23.8. The monoisotopic (exact) mass is 446 g/mol. The lowest BCUT2D eigenvalue weighted by atomic mass is 10.0. The number of amides is 2. The molecule has 3 rings (SSSR count). The Kier molecular flexibility index (Phi) is 8.08. The van der Waals surface area contributed by atoms with E-state index in [4.69, 9.17) is 9.47 Å². The van der Waals surface area contributed by atoms with Crippen molar-refractivity contribution in [3.05, 3.63) is 89.5 Å². The van der Waals surface area contributed by atoms with Crippen molar-refractivity contribution in [2.24, 2.45) is 0 Å². The van der Waals surface area contributed by atoms with E-state index in [0.717, 1.165) is 11.1 Å². The summed E-state index contributed by atoms with van der Waals surface area (Å²) in [6.45, 7) is 1.97. The fourth-order valence-electron chi connectivity index (χ4n) is 3.68. The average Bonchev–Trinajstić information content (AvgIpc) is 2.86.